The Balaban J connectivity index is 1.99. The van der Waals surface area contributed by atoms with Crippen LogP contribution in [0.3, 0.4) is 0 Å². The third-order valence-electron chi connectivity index (χ3n) is 2.64. The van der Waals surface area contributed by atoms with E-state index in [1.165, 1.54) is 0 Å². The number of hydrogen-bond donors (Lipinski definition) is 2. The van der Waals surface area contributed by atoms with E-state index in [0.29, 0.717) is 17.6 Å². The quantitative estimate of drug-likeness (QED) is 0.868. The van der Waals surface area contributed by atoms with Gasteiger partial charge in [0.1, 0.15) is 6.04 Å². The van der Waals surface area contributed by atoms with E-state index in [1.54, 1.807) is 12.1 Å². The molecule has 1 aromatic heterocycles. The molecule has 2 N–H and O–H groups in total. The van der Waals surface area contributed by atoms with E-state index in [9.17, 15) is 9.59 Å². The summed E-state index contributed by atoms with van der Waals surface area (Å²) in [5.41, 5.74) is 0. The Hall–Kier alpha value is -1.30. The van der Waals surface area contributed by atoms with Gasteiger partial charge in [0, 0.05) is 6.54 Å². The first-order valence-corrected chi connectivity index (χ1v) is 6.30. The summed E-state index contributed by atoms with van der Waals surface area (Å²) in [6, 6.07) is 2.74. The summed E-state index contributed by atoms with van der Waals surface area (Å²) in [6.07, 6.45) is 2.54. The summed E-state index contributed by atoms with van der Waals surface area (Å²) >= 11 is 3.12. The van der Waals surface area contributed by atoms with E-state index in [4.69, 9.17) is 4.42 Å². The first-order valence-electron chi connectivity index (χ1n) is 5.51. The highest BCUT2D eigenvalue weighted by atomic mass is 79.9. The van der Waals surface area contributed by atoms with Gasteiger partial charge in [0.05, 0.1) is 0 Å². The zero-order chi connectivity index (χ0) is 12.3. The Morgan fingerprint density at radius 3 is 3.00 bits per heavy atom. The van der Waals surface area contributed by atoms with Gasteiger partial charge in [0.2, 0.25) is 5.91 Å². The van der Waals surface area contributed by atoms with Gasteiger partial charge < -0.3 is 15.1 Å². The molecule has 2 heterocycles. The maximum atomic E-state index is 11.8. The van der Waals surface area contributed by atoms with Crippen LogP contribution in [0, 0.1) is 0 Å². The minimum Gasteiger partial charge on any atom is -0.444 e. The van der Waals surface area contributed by atoms with Crippen molar-refractivity contribution in [2.24, 2.45) is 0 Å². The van der Waals surface area contributed by atoms with Crippen LogP contribution in [0.1, 0.15) is 29.8 Å². The highest BCUT2D eigenvalue weighted by Crippen LogP contribution is 2.14. The van der Waals surface area contributed by atoms with Gasteiger partial charge in [-0.2, -0.15) is 0 Å². The summed E-state index contributed by atoms with van der Waals surface area (Å²) in [7, 11) is 0. The fraction of sp³-hybridized carbons (Fsp3) is 0.455. The van der Waals surface area contributed by atoms with E-state index >= 15 is 0 Å². The summed E-state index contributed by atoms with van der Waals surface area (Å²) in [4.78, 5) is 23.4. The average Bonchev–Trinajstić information content (AvgIpc) is 2.63. The van der Waals surface area contributed by atoms with Crippen LogP contribution >= 0.6 is 15.9 Å². The standard InChI is InChI=1S/C11H13BrN2O3/c12-9-5-4-8(17-9)11(16)14-7-3-1-2-6-13-10(7)15/h4-5,7H,1-3,6H2,(H,13,15)(H,14,16)/t7-/m0/s1. The van der Waals surface area contributed by atoms with E-state index in [1.807, 2.05) is 0 Å². The lowest BCUT2D eigenvalue weighted by Crippen LogP contribution is -2.45. The topological polar surface area (TPSA) is 71.3 Å². The number of carbonyl (C=O) groups is 2. The fourth-order valence-electron chi connectivity index (χ4n) is 1.74. The van der Waals surface area contributed by atoms with Crippen LogP contribution in [-0.2, 0) is 4.79 Å². The van der Waals surface area contributed by atoms with E-state index in [-0.39, 0.29) is 17.6 Å². The second-order valence-electron chi connectivity index (χ2n) is 3.92. The molecule has 1 fully saturated rings. The van der Waals surface area contributed by atoms with Crippen molar-refractivity contribution in [3.63, 3.8) is 0 Å². The van der Waals surface area contributed by atoms with Crippen LogP contribution in [0.15, 0.2) is 21.2 Å². The Morgan fingerprint density at radius 2 is 2.29 bits per heavy atom. The zero-order valence-electron chi connectivity index (χ0n) is 9.16. The van der Waals surface area contributed by atoms with Crippen molar-refractivity contribution in [3.05, 3.63) is 22.6 Å². The van der Waals surface area contributed by atoms with Gasteiger partial charge in [-0.15, -0.1) is 0 Å². The van der Waals surface area contributed by atoms with Gasteiger partial charge in [-0.25, -0.2) is 0 Å². The molecule has 1 aliphatic heterocycles. The van der Waals surface area contributed by atoms with Crippen molar-refractivity contribution >= 4 is 27.7 Å². The van der Waals surface area contributed by atoms with Crippen molar-refractivity contribution in [1.82, 2.24) is 10.6 Å². The molecule has 0 bridgehead atoms. The number of rotatable bonds is 2. The number of furan rings is 1. The number of halogens is 1. The lowest BCUT2D eigenvalue weighted by Gasteiger charge is -2.13. The molecular weight excluding hydrogens is 288 g/mol. The molecule has 0 saturated carbocycles. The summed E-state index contributed by atoms with van der Waals surface area (Å²) in [6.45, 7) is 0.678. The highest BCUT2D eigenvalue weighted by Gasteiger charge is 2.23. The smallest absolute Gasteiger partial charge is 0.287 e. The van der Waals surface area contributed by atoms with Crippen LogP contribution in [0.2, 0.25) is 0 Å². The first-order chi connectivity index (χ1) is 8.16. The molecule has 0 aromatic carbocycles. The molecule has 0 spiro atoms. The zero-order valence-corrected chi connectivity index (χ0v) is 10.7. The van der Waals surface area contributed by atoms with E-state index < -0.39 is 6.04 Å². The molecular formula is C11H13BrN2O3. The third-order valence-corrected chi connectivity index (χ3v) is 3.06. The molecule has 1 aromatic rings. The molecule has 1 saturated heterocycles. The first kappa shape index (κ1) is 12.2. The third kappa shape index (κ3) is 3.09. The van der Waals surface area contributed by atoms with Crippen LogP contribution < -0.4 is 10.6 Å². The average molecular weight is 301 g/mol. The van der Waals surface area contributed by atoms with Gasteiger partial charge in [-0.3, -0.25) is 9.59 Å². The predicted octanol–water partition coefficient (Wildman–Crippen LogP) is 1.44. The van der Waals surface area contributed by atoms with Crippen molar-refractivity contribution in [1.29, 1.82) is 0 Å². The second-order valence-corrected chi connectivity index (χ2v) is 4.70. The SMILES string of the molecule is O=C(N[C@H]1CCCCNC1=O)c1ccc(Br)o1. The molecule has 2 amide bonds. The molecule has 1 atom stereocenters. The van der Waals surface area contributed by atoms with Gasteiger partial charge >= 0.3 is 0 Å². The predicted molar refractivity (Wildman–Crippen MR) is 64.5 cm³/mol. The fourth-order valence-corrected chi connectivity index (χ4v) is 2.05. The molecule has 1 aliphatic rings. The van der Waals surface area contributed by atoms with Gasteiger partial charge in [0.25, 0.3) is 5.91 Å². The second kappa shape index (κ2) is 5.35. The summed E-state index contributed by atoms with van der Waals surface area (Å²) in [5, 5.41) is 5.44. The molecule has 0 radical (unpaired) electrons. The highest BCUT2D eigenvalue weighted by molar-refractivity contribution is 9.10. The Bertz CT molecular complexity index is 430. The minimum atomic E-state index is -0.464. The lowest BCUT2D eigenvalue weighted by molar-refractivity contribution is -0.122. The Morgan fingerprint density at radius 1 is 1.47 bits per heavy atom. The number of carbonyl (C=O) groups excluding carboxylic acids is 2. The van der Waals surface area contributed by atoms with E-state index in [2.05, 4.69) is 26.6 Å². The van der Waals surface area contributed by atoms with Crippen molar-refractivity contribution < 1.29 is 14.0 Å². The van der Waals surface area contributed by atoms with Crippen LogP contribution in [0.5, 0.6) is 0 Å². The minimum absolute atomic E-state index is 0.124. The molecule has 92 valence electrons. The summed E-state index contributed by atoms with van der Waals surface area (Å²) < 4.78 is 5.62. The maximum absolute atomic E-state index is 11.8. The van der Waals surface area contributed by atoms with Gasteiger partial charge in [-0.1, -0.05) is 0 Å². The molecule has 6 heteroatoms. The van der Waals surface area contributed by atoms with Crippen LogP contribution in [-0.4, -0.2) is 24.4 Å². The molecule has 0 unspecified atom stereocenters. The van der Waals surface area contributed by atoms with E-state index in [0.717, 1.165) is 12.8 Å². The van der Waals surface area contributed by atoms with Crippen LogP contribution in [0.25, 0.3) is 0 Å². The lowest BCUT2D eigenvalue weighted by atomic mass is 10.1. The molecule has 5 nitrogen and oxygen atoms in total. The summed E-state index contributed by atoms with van der Waals surface area (Å²) in [5.74, 6) is -0.284. The number of nitrogens with one attached hydrogen (secondary N) is 2. The van der Waals surface area contributed by atoms with Crippen molar-refractivity contribution in [2.45, 2.75) is 25.3 Å². The normalized spacial score (nSPS) is 20.5. The van der Waals surface area contributed by atoms with Gasteiger partial charge in [0.15, 0.2) is 10.4 Å². The monoisotopic (exact) mass is 300 g/mol. The van der Waals surface area contributed by atoms with Crippen molar-refractivity contribution in [2.75, 3.05) is 6.54 Å². The molecule has 0 aliphatic carbocycles. The Labute approximate surface area is 107 Å². The number of hydrogen-bond acceptors (Lipinski definition) is 3. The largest absolute Gasteiger partial charge is 0.444 e. The molecule has 17 heavy (non-hydrogen) atoms. The molecule has 2 rings (SSSR count). The van der Waals surface area contributed by atoms with Crippen LogP contribution in [0.4, 0.5) is 0 Å². The Kier molecular flexibility index (Phi) is 3.83. The van der Waals surface area contributed by atoms with Gasteiger partial charge in [-0.05, 0) is 47.3 Å². The number of amides is 2. The maximum Gasteiger partial charge on any atom is 0.287 e. The van der Waals surface area contributed by atoms with Crippen molar-refractivity contribution in [3.8, 4) is 0 Å².